The fourth-order valence-electron chi connectivity index (χ4n) is 5.38. The predicted molar refractivity (Wildman–Crippen MR) is 132 cm³/mol. The van der Waals surface area contributed by atoms with E-state index in [2.05, 4.69) is 24.5 Å². The van der Waals surface area contributed by atoms with Gasteiger partial charge in [-0.05, 0) is 57.3 Å². The number of rotatable bonds is 4. The maximum absolute atomic E-state index is 13.1. The van der Waals surface area contributed by atoms with Crippen LogP contribution in [-0.2, 0) is 33.7 Å². The third kappa shape index (κ3) is 6.63. The Morgan fingerprint density at radius 3 is 2.66 bits per heavy atom. The Balaban J connectivity index is 1.49. The molecule has 194 valence electrons. The second kappa shape index (κ2) is 12.0. The number of aryl methyl sites for hydroxylation is 1. The molecular formula is C26H41N5O4. The molecule has 9 nitrogen and oxygen atoms in total. The Kier molecular flexibility index (Phi) is 8.81. The Morgan fingerprint density at radius 1 is 1.11 bits per heavy atom. The molecule has 9 heteroatoms. The maximum Gasteiger partial charge on any atom is 0.272 e. The maximum atomic E-state index is 13.1. The topological polar surface area (TPSA) is 106 Å². The molecule has 3 aliphatic rings. The van der Waals surface area contributed by atoms with Crippen LogP contribution in [0.25, 0.3) is 0 Å². The van der Waals surface area contributed by atoms with Crippen molar-refractivity contribution in [2.45, 2.75) is 84.2 Å². The first-order chi connectivity index (χ1) is 16.9. The Morgan fingerprint density at radius 2 is 1.89 bits per heavy atom. The molecule has 3 amide bonds. The monoisotopic (exact) mass is 487 g/mol. The Labute approximate surface area is 208 Å². The standard InChI is InChI=1S/C26H41N5O4/c1-18(2)8-14-31-22-7-6-20-17-21(22)24(29-31)25(33)27-11-4-13-30(12-3-5-23(32)28-20)26(34)19-9-15-35-16-10-19/h18-20H,3-17H2,1-2H3,(H,27,33)(H,28,32). The van der Waals surface area contributed by atoms with E-state index < -0.39 is 0 Å². The molecule has 0 radical (unpaired) electrons. The first-order valence-corrected chi connectivity index (χ1v) is 13.4. The van der Waals surface area contributed by atoms with Crippen LogP contribution < -0.4 is 10.6 Å². The van der Waals surface area contributed by atoms with Crippen LogP contribution in [0.4, 0.5) is 0 Å². The van der Waals surface area contributed by atoms with E-state index in [1.807, 2.05) is 9.58 Å². The molecule has 0 spiro atoms. The Bertz CT molecular complexity index is 906. The van der Waals surface area contributed by atoms with Crippen LogP contribution in [0.1, 0.15) is 80.5 Å². The highest BCUT2D eigenvalue weighted by atomic mass is 16.5. The number of amides is 3. The van der Waals surface area contributed by atoms with Crippen LogP contribution in [0.3, 0.4) is 0 Å². The van der Waals surface area contributed by atoms with Crippen LogP contribution in [0, 0.1) is 11.8 Å². The van der Waals surface area contributed by atoms with Gasteiger partial charge in [-0.15, -0.1) is 0 Å². The highest BCUT2D eigenvalue weighted by Crippen LogP contribution is 2.26. The smallest absolute Gasteiger partial charge is 0.272 e. The van der Waals surface area contributed by atoms with E-state index in [0.29, 0.717) is 70.1 Å². The molecule has 1 atom stereocenters. The van der Waals surface area contributed by atoms with Gasteiger partial charge >= 0.3 is 0 Å². The minimum absolute atomic E-state index is 0.00870. The molecule has 1 aromatic rings. The van der Waals surface area contributed by atoms with Gasteiger partial charge in [0.1, 0.15) is 0 Å². The summed E-state index contributed by atoms with van der Waals surface area (Å²) in [5, 5.41) is 10.9. The summed E-state index contributed by atoms with van der Waals surface area (Å²) in [6.45, 7) is 8.05. The van der Waals surface area contributed by atoms with Crippen LogP contribution in [0.5, 0.6) is 0 Å². The molecule has 2 bridgehead atoms. The molecule has 0 aromatic carbocycles. The van der Waals surface area contributed by atoms with Crippen molar-refractivity contribution in [2.75, 3.05) is 32.8 Å². The second-order valence-corrected chi connectivity index (χ2v) is 10.6. The normalized spacial score (nSPS) is 22.8. The second-order valence-electron chi connectivity index (χ2n) is 10.6. The molecule has 1 unspecified atom stereocenters. The highest BCUT2D eigenvalue weighted by molar-refractivity contribution is 5.94. The van der Waals surface area contributed by atoms with Gasteiger partial charge in [-0.25, -0.2) is 0 Å². The zero-order valence-corrected chi connectivity index (χ0v) is 21.3. The van der Waals surface area contributed by atoms with Crippen molar-refractivity contribution in [3.8, 4) is 0 Å². The van der Waals surface area contributed by atoms with Gasteiger partial charge in [0.15, 0.2) is 5.69 Å². The molecule has 0 saturated carbocycles. The van der Waals surface area contributed by atoms with Crippen molar-refractivity contribution < 1.29 is 19.1 Å². The van der Waals surface area contributed by atoms with Crippen LogP contribution in [-0.4, -0.2) is 71.3 Å². The molecule has 4 rings (SSSR count). The average Bonchev–Trinajstić information content (AvgIpc) is 3.21. The summed E-state index contributed by atoms with van der Waals surface area (Å²) in [5.41, 5.74) is 2.61. The van der Waals surface area contributed by atoms with E-state index in [-0.39, 0.29) is 29.7 Å². The van der Waals surface area contributed by atoms with Crippen LogP contribution in [0.2, 0.25) is 0 Å². The van der Waals surface area contributed by atoms with E-state index in [0.717, 1.165) is 49.9 Å². The van der Waals surface area contributed by atoms with Gasteiger partial charge in [0.2, 0.25) is 11.8 Å². The van der Waals surface area contributed by atoms with Crippen molar-refractivity contribution in [2.24, 2.45) is 11.8 Å². The quantitative estimate of drug-likeness (QED) is 0.677. The molecule has 1 saturated heterocycles. The lowest BCUT2D eigenvalue weighted by atomic mass is 9.91. The molecule has 1 aliphatic carbocycles. The molecule has 3 heterocycles. The van der Waals surface area contributed by atoms with Crippen LogP contribution in [0.15, 0.2) is 0 Å². The van der Waals surface area contributed by atoms with Gasteiger partial charge < -0.3 is 20.3 Å². The predicted octanol–water partition coefficient (Wildman–Crippen LogP) is 2.07. The summed E-state index contributed by atoms with van der Waals surface area (Å²) in [6, 6.07) is 0.00870. The van der Waals surface area contributed by atoms with Gasteiger partial charge in [-0.2, -0.15) is 5.10 Å². The van der Waals surface area contributed by atoms with E-state index >= 15 is 0 Å². The molecule has 35 heavy (non-hydrogen) atoms. The molecule has 2 N–H and O–H groups in total. The summed E-state index contributed by atoms with van der Waals surface area (Å²) in [6.07, 6.45) is 6.52. The summed E-state index contributed by atoms with van der Waals surface area (Å²) < 4.78 is 7.43. The molecule has 1 fully saturated rings. The van der Waals surface area contributed by atoms with Crippen LogP contribution >= 0.6 is 0 Å². The fraction of sp³-hybridized carbons (Fsp3) is 0.769. The van der Waals surface area contributed by atoms with Crippen molar-refractivity contribution >= 4 is 17.7 Å². The van der Waals surface area contributed by atoms with Gasteiger partial charge in [-0.3, -0.25) is 19.1 Å². The summed E-state index contributed by atoms with van der Waals surface area (Å²) in [7, 11) is 0. The molecule has 2 aliphatic heterocycles. The Hall–Kier alpha value is -2.42. The molecule has 1 aromatic heterocycles. The number of fused-ring (bicyclic) bond motifs is 1. The number of ether oxygens (including phenoxy) is 1. The summed E-state index contributed by atoms with van der Waals surface area (Å²) in [5.74, 6) is 0.554. The number of carbonyl (C=O) groups is 3. The van der Waals surface area contributed by atoms with E-state index in [4.69, 9.17) is 9.84 Å². The van der Waals surface area contributed by atoms with Gasteiger partial charge in [0.05, 0.1) is 0 Å². The summed E-state index contributed by atoms with van der Waals surface area (Å²) >= 11 is 0. The fourth-order valence-corrected chi connectivity index (χ4v) is 5.38. The first-order valence-electron chi connectivity index (χ1n) is 13.4. The number of hydrogen-bond acceptors (Lipinski definition) is 5. The molecular weight excluding hydrogens is 446 g/mol. The highest BCUT2D eigenvalue weighted by Gasteiger charge is 2.31. The zero-order chi connectivity index (χ0) is 24.8. The van der Waals surface area contributed by atoms with E-state index in [1.54, 1.807) is 0 Å². The lowest BCUT2D eigenvalue weighted by Gasteiger charge is -2.29. The lowest BCUT2D eigenvalue weighted by Crippen LogP contribution is -2.41. The SMILES string of the molecule is CC(C)CCn1nc2c3c1CCC(C3)NC(=O)CCCN(C(=O)C1CCOCC1)CCCNC2=O. The third-order valence-corrected chi connectivity index (χ3v) is 7.45. The van der Waals surface area contributed by atoms with Crippen molar-refractivity contribution in [3.63, 3.8) is 0 Å². The lowest BCUT2D eigenvalue weighted by molar-refractivity contribution is -0.139. The number of hydrogen-bond donors (Lipinski definition) is 2. The number of nitrogens with zero attached hydrogens (tertiary/aromatic N) is 3. The van der Waals surface area contributed by atoms with Gasteiger partial charge in [0.25, 0.3) is 5.91 Å². The summed E-state index contributed by atoms with van der Waals surface area (Å²) in [4.78, 5) is 40.9. The van der Waals surface area contributed by atoms with Gasteiger partial charge in [-0.1, -0.05) is 13.8 Å². The van der Waals surface area contributed by atoms with Crippen molar-refractivity contribution in [1.82, 2.24) is 25.3 Å². The number of aromatic nitrogens is 2. The van der Waals surface area contributed by atoms with Crippen molar-refractivity contribution in [1.29, 1.82) is 0 Å². The minimum atomic E-state index is -0.159. The van der Waals surface area contributed by atoms with E-state index in [9.17, 15) is 14.4 Å². The largest absolute Gasteiger partial charge is 0.381 e. The first kappa shape index (κ1) is 25.7. The van der Waals surface area contributed by atoms with Gasteiger partial charge in [0, 0.05) is 69.0 Å². The third-order valence-electron chi connectivity index (χ3n) is 7.45. The number of carbonyl (C=O) groups excluding carboxylic acids is 3. The van der Waals surface area contributed by atoms with E-state index in [1.165, 1.54) is 0 Å². The van der Waals surface area contributed by atoms with Crippen molar-refractivity contribution in [3.05, 3.63) is 17.0 Å². The zero-order valence-electron chi connectivity index (χ0n) is 21.3. The number of nitrogens with one attached hydrogen (secondary N) is 2. The average molecular weight is 488 g/mol. The minimum Gasteiger partial charge on any atom is -0.381 e.